The van der Waals surface area contributed by atoms with Gasteiger partial charge in [0.1, 0.15) is 0 Å². The molecule has 2 aromatic rings. The molecule has 2 aromatic heterocycles. The van der Waals surface area contributed by atoms with Crippen LogP contribution in [0.5, 0.6) is 0 Å². The zero-order valence-corrected chi connectivity index (χ0v) is 8.06. The fourth-order valence-electron chi connectivity index (χ4n) is 0.848. The second-order valence-corrected chi connectivity index (χ2v) is 4.01. The molecule has 0 aliphatic rings. The number of rotatable bonds is 1. The van der Waals surface area contributed by atoms with Crippen molar-refractivity contribution < 1.29 is 21.2 Å². The summed E-state index contributed by atoms with van der Waals surface area (Å²) >= 11 is -0.00589. The molecule has 0 amide bonds. The van der Waals surface area contributed by atoms with Gasteiger partial charge in [-0.2, -0.15) is 0 Å². The summed E-state index contributed by atoms with van der Waals surface area (Å²) in [6, 6.07) is 1.86. The first-order valence-corrected chi connectivity index (χ1v) is 6.29. The molecule has 0 radical (unpaired) electrons. The van der Waals surface area contributed by atoms with E-state index in [4.69, 9.17) is 0 Å². The van der Waals surface area contributed by atoms with Crippen molar-refractivity contribution in [1.82, 2.24) is 19.6 Å². The van der Waals surface area contributed by atoms with Gasteiger partial charge in [-0.3, -0.25) is 0 Å². The van der Waals surface area contributed by atoms with Gasteiger partial charge < -0.3 is 0 Å². The number of hydrogen-bond acceptors (Lipinski definition) is 3. The third kappa shape index (κ3) is 1.09. The molecule has 0 spiro atoms. The van der Waals surface area contributed by atoms with E-state index in [1.165, 1.54) is 0 Å². The topological polar surface area (TPSA) is 43.1 Å². The summed E-state index contributed by atoms with van der Waals surface area (Å²) in [5.74, 6) is 0. The quantitative estimate of drug-likeness (QED) is 0.406. The zero-order chi connectivity index (χ0) is 7.68. The van der Waals surface area contributed by atoms with Crippen LogP contribution in [0.1, 0.15) is 0 Å². The summed E-state index contributed by atoms with van der Waals surface area (Å²) in [5.41, 5.74) is 0.886. The average molecular weight is 261 g/mol. The molecule has 11 heavy (non-hydrogen) atoms. The van der Waals surface area contributed by atoms with Gasteiger partial charge in [-0.15, -0.1) is 0 Å². The molecule has 4 nitrogen and oxygen atoms in total. The molecule has 0 N–H and O–H groups in total. The second-order valence-electron chi connectivity index (χ2n) is 1.97. The zero-order valence-electron chi connectivity index (χ0n) is 5.90. The van der Waals surface area contributed by atoms with Crippen molar-refractivity contribution in [3.63, 3.8) is 0 Å². The first-order chi connectivity index (χ1) is 5.42. The second kappa shape index (κ2) is 2.72. The third-order valence-electron chi connectivity index (χ3n) is 1.34. The molecule has 0 aliphatic heterocycles. The van der Waals surface area contributed by atoms with Gasteiger partial charge in [0.15, 0.2) is 0 Å². The molecule has 2 rings (SSSR count). The molecular weight excluding hydrogens is 255 g/mol. The van der Waals surface area contributed by atoms with Gasteiger partial charge in [-0.25, -0.2) is 0 Å². The van der Waals surface area contributed by atoms with Gasteiger partial charge >= 0.3 is 73.8 Å². The van der Waals surface area contributed by atoms with E-state index in [1.807, 2.05) is 10.5 Å². The van der Waals surface area contributed by atoms with Gasteiger partial charge in [0.05, 0.1) is 0 Å². The van der Waals surface area contributed by atoms with E-state index < -0.39 is 0 Å². The summed E-state index contributed by atoms with van der Waals surface area (Å²) < 4.78 is 3.00. The van der Waals surface area contributed by atoms with Crippen LogP contribution in [0.15, 0.2) is 18.6 Å². The van der Waals surface area contributed by atoms with Crippen LogP contribution >= 0.6 is 0 Å². The summed E-state index contributed by atoms with van der Waals surface area (Å²) in [6.45, 7) is 0. The van der Waals surface area contributed by atoms with Crippen LogP contribution < -0.4 is 21.2 Å². The summed E-state index contributed by atoms with van der Waals surface area (Å²) in [5, 5.41) is 8.03. The summed E-state index contributed by atoms with van der Waals surface area (Å²) in [6.07, 6.45) is 3.48. The molecule has 0 aliphatic carbocycles. The van der Waals surface area contributed by atoms with Crippen LogP contribution in [-0.4, -0.2) is 24.5 Å². The Morgan fingerprint density at radius 2 is 2.36 bits per heavy atom. The molecule has 0 saturated heterocycles. The van der Waals surface area contributed by atoms with Crippen LogP contribution in [0.4, 0.5) is 0 Å². The van der Waals surface area contributed by atoms with Gasteiger partial charge in [0, 0.05) is 0 Å². The van der Waals surface area contributed by atoms with Crippen molar-refractivity contribution in [2.75, 3.05) is 4.93 Å². The predicted octanol–water partition coefficient (Wildman–Crippen LogP) is -2.99. The number of nitrogens with zero attached hydrogens (tertiary/aromatic N) is 4. The molecular formula is C6H6IN4-. The maximum atomic E-state index is 4.04. The van der Waals surface area contributed by atoms with Crippen LogP contribution in [0.25, 0.3) is 5.65 Å². The Bertz CT molecular complexity index is 369. The fraction of sp³-hybridized carbons (Fsp3) is 0.167. The van der Waals surface area contributed by atoms with Crippen LogP contribution in [0.2, 0.25) is 0 Å². The fourth-order valence-corrected chi connectivity index (χ4v) is 2.06. The summed E-state index contributed by atoms with van der Waals surface area (Å²) in [4.78, 5) is 6.15. The monoisotopic (exact) mass is 261 g/mol. The number of fused-ring (bicyclic) bond motifs is 1. The number of aromatic nitrogens is 4. The number of alkyl halides is 1. The molecule has 0 aromatic carbocycles. The van der Waals surface area contributed by atoms with E-state index in [9.17, 15) is 0 Å². The van der Waals surface area contributed by atoms with Gasteiger partial charge in [0.2, 0.25) is 0 Å². The predicted molar refractivity (Wildman–Crippen MR) is 35.4 cm³/mol. The van der Waals surface area contributed by atoms with Crippen molar-refractivity contribution in [2.24, 2.45) is 0 Å². The molecule has 0 atom stereocenters. The Hall–Kier alpha value is -0.720. The Labute approximate surface area is 73.9 Å². The van der Waals surface area contributed by atoms with E-state index in [0.717, 1.165) is 9.48 Å². The Morgan fingerprint density at radius 1 is 1.45 bits per heavy atom. The molecule has 2 heterocycles. The molecule has 0 saturated carbocycles. The van der Waals surface area contributed by atoms with Crippen molar-refractivity contribution in [2.45, 2.75) is 0 Å². The summed E-state index contributed by atoms with van der Waals surface area (Å²) in [7, 11) is 0. The van der Waals surface area contributed by atoms with Crippen molar-refractivity contribution in [3.8, 4) is 0 Å². The van der Waals surface area contributed by atoms with Gasteiger partial charge in [-0.1, -0.05) is 0 Å². The minimum atomic E-state index is -0.00589. The van der Waals surface area contributed by atoms with Crippen molar-refractivity contribution in [1.29, 1.82) is 0 Å². The minimum absolute atomic E-state index is 0.00589. The molecule has 0 fully saturated rings. The van der Waals surface area contributed by atoms with Crippen molar-refractivity contribution >= 4 is 5.65 Å². The Balaban J connectivity index is 2.76. The first-order valence-electron chi connectivity index (χ1n) is 3.06. The van der Waals surface area contributed by atoms with Crippen molar-refractivity contribution in [3.05, 3.63) is 22.4 Å². The number of hydrogen-bond donors (Lipinski definition) is 0. The van der Waals surface area contributed by atoms with Crippen LogP contribution in [0, 0.1) is 3.83 Å². The normalized spacial score (nSPS) is 11.0. The molecule has 0 unspecified atom stereocenters. The maximum absolute atomic E-state index is 4.04. The molecule has 58 valence electrons. The van der Waals surface area contributed by atoms with E-state index in [0.29, 0.717) is 0 Å². The van der Waals surface area contributed by atoms with Crippen LogP contribution in [-0.2, 0) is 0 Å². The Kier molecular flexibility index (Phi) is 1.72. The van der Waals surface area contributed by atoms with Gasteiger partial charge in [0.25, 0.3) is 0 Å². The first kappa shape index (κ1) is 6.96. The van der Waals surface area contributed by atoms with Gasteiger partial charge in [-0.05, 0) is 0 Å². The van der Waals surface area contributed by atoms with Crippen LogP contribution in [0.3, 0.4) is 0 Å². The SMILES string of the molecule is C[I-]c1nnc2ccncn12. The standard InChI is InChI=1S/C6H6IN4/c1-7-6-10-9-5-2-3-8-4-11(5)6/h2-4H,1H3/q-1. The Morgan fingerprint density at radius 3 is 3.18 bits per heavy atom. The molecule has 0 bridgehead atoms. The van der Waals surface area contributed by atoms with E-state index in [-0.39, 0.29) is 21.2 Å². The average Bonchev–Trinajstić information content (AvgIpc) is 2.47. The van der Waals surface area contributed by atoms with E-state index >= 15 is 0 Å². The van der Waals surface area contributed by atoms with E-state index in [1.54, 1.807) is 12.5 Å². The third-order valence-corrected chi connectivity index (χ3v) is 3.04. The van der Waals surface area contributed by atoms with E-state index in [2.05, 4.69) is 20.1 Å². The number of halogens is 1. The molecule has 5 heteroatoms.